The van der Waals surface area contributed by atoms with Crippen LogP contribution in [0.5, 0.6) is 0 Å². The van der Waals surface area contributed by atoms with Crippen LogP contribution in [0.4, 0.5) is 0 Å². The minimum Gasteiger partial charge on any atom is -0.355 e. The Kier molecular flexibility index (Phi) is 5.26. The van der Waals surface area contributed by atoms with E-state index in [4.69, 9.17) is 5.73 Å². The van der Waals surface area contributed by atoms with E-state index in [2.05, 4.69) is 12.2 Å². The Morgan fingerprint density at radius 3 is 2.62 bits per heavy atom. The third-order valence-corrected chi connectivity index (χ3v) is 3.79. The van der Waals surface area contributed by atoms with Crippen molar-refractivity contribution >= 4 is 5.91 Å². The highest BCUT2D eigenvalue weighted by atomic mass is 16.1. The normalized spacial score (nSPS) is 20.7. The predicted octanol–water partition coefficient (Wildman–Crippen LogP) is 2.06. The molecule has 0 spiro atoms. The monoisotopic (exact) mass is 226 g/mol. The van der Waals surface area contributed by atoms with Crippen molar-refractivity contribution < 1.29 is 4.79 Å². The molecule has 0 saturated heterocycles. The highest BCUT2D eigenvalue weighted by molar-refractivity contribution is 5.78. The van der Waals surface area contributed by atoms with Crippen LogP contribution in [-0.2, 0) is 4.79 Å². The molecule has 0 radical (unpaired) electrons. The molecule has 0 bridgehead atoms. The van der Waals surface area contributed by atoms with Crippen LogP contribution < -0.4 is 11.1 Å². The lowest BCUT2D eigenvalue weighted by atomic mass is 9.88. The maximum absolute atomic E-state index is 11.8. The second-order valence-corrected chi connectivity index (χ2v) is 5.57. The third kappa shape index (κ3) is 4.12. The fourth-order valence-electron chi connectivity index (χ4n) is 2.44. The van der Waals surface area contributed by atoms with Crippen LogP contribution in [0, 0.1) is 11.3 Å². The molecule has 0 heterocycles. The molecule has 1 atom stereocenters. The number of rotatable bonds is 6. The lowest BCUT2D eigenvalue weighted by Crippen LogP contribution is -2.37. The van der Waals surface area contributed by atoms with Gasteiger partial charge in [0.25, 0.3) is 0 Å². The second-order valence-electron chi connectivity index (χ2n) is 5.57. The van der Waals surface area contributed by atoms with Gasteiger partial charge < -0.3 is 11.1 Å². The molecule has 1 rings (SSSR count). The number of amides is 1. The van der Waals surface area contributed by atoms with E-state index in [1.54, 1.807) is 0 Å². The highest BCUT2D eigenvalue weighted by Gasteiger charge is 2.29. The molecule has 1 fully saturated rings. The standard InChI is InChI=1S/C13H26N2O/c1-11(6-5-9-14)12(16)15-10-13(2)7-3-4-8-13/h11H,3-10,14H2,1-2H3,(H,15,16). The fourth-order valence-corrected chi connectivity index (χ4v) is 2.44. The van der Waals surface area contributed by atoms with Crippen LogP contribution in [0.15, 0.2) is 0 Å². The molecule has 1 aliphatic carbocycles. The zero-order valence-corrected chi connectivity index (χ0v) is 10.7. The number of carbonyl (C=O) groups is 1. The average Bonchev–Trinajstić information content (AvgIpc) is 2.70. The summed E-state index contributed by atoms with van der Waals surface area (Å²) in [7, 11) is 0. The van der Waals surface area contributed by atoms with Gasteiger partial charge in [0.15, 0.2) is 0 Å². The number of nitrogens with one attached hydrogen (secondary N) is 1. The first kappa shape index (κ1) is 13.5. The number of nitrogens with two attached hydrogens (primary N) is 1. The Morgan fingerprint density at radius 1 is 1.44 bits per heavy atom. The van der Waals surface area contributed by atoms with Crippen molar-refractivity contribution in [2.75, 3.05) is 13.1 Å². The third-order valence-electron chi connectivity index (χ3n) is 3.79. The lowest BCUT2D eigenvalue weighted by Gasteiger charge is -2.24. The van der Waals surface area contributed by atoms with Crippen LogP contribution in [0.1, 0.15) is 52.4 Å². The summed E-state index contributed by atoms with van der Waals surface area (Å²) in [4.78, 5) is 11.8. The molecule has 1 unspecified atom stereocenters. The summed E-state index contributed by atoms with van der Waals surface area (Å²) in [5.41, 5.74) is 5.79. The minimum atomic E-state index is 0.105. The molecule has 3 nitrogen and oxygen atoms in total. The van der Waals surface area contributed by atoms with E-state index in [9.17, 15) is 4.79 Å². The zero-order chi connectivity index (χ0) is 12.0. The van der Waals surface area contributed by atoms with Crippen molar-refractivity contribution in [1.82, 2.24) is 5.32 Å². The molecular weight excluding hydrogens is 200 g/mol. The van der Waals surface area contributed by atoms with E-state index in [1.165, 1.54) is 25.7 Å². The van der Waals surface area contributed by atoms with Crippen molar-refractivity contribution in [1.29, 1.82) is 0 Å². The van der Waals surface area contributed by atoms with Gasteiger partial charge in [0.2, 0.25) is 5.91 Å². The van der Waals surface area contributed by atoms with E-state index >= 15 is 0 Å². The smallest absolute Gasteiger partial charge is 0.222 e. The maximum atomic E-state index is 11.8. The van der Waals surface area contributed by atoms with Crippen molar-refractivity contribution in [2.45, 2.75) is 52.4 Å². The van der Waals surface area contributed by atoms with Crippen LogP contribution in [0.25, 0.3) is 0 Å². The Hall–Kier alpha value is -0.570. The number of carbonyl (C=O) groups excluding carboxylic acids is 1. The van der Waals surface area contributed by atoms with E-state index in [-0.39, 0.29) is 11.8 Å². The first-order chi connectivity index (χ1) is 7.57. The van der Waals surface area contributed by atoms with Crippen molar-refractivity contribution in [3.63, 3.8) is 0 Å². The molecule has 3 N–H and O–H groups in total. The van der Waals surface area contributed by atoms with Crippen molar-refractivity contribution in [3.05, 3.63) is 0 Å². The fraction of sp³-hybridized carbons (Fsp3) is 0.923. The van der Waals surface area contributed by atoms with Gasteiger partial charge in [0, 0.05) is 12.5 Å². The number of hydrogen-bond donors (Lipinski definition) is 2. The largest absolute Gasteiger partial charge is 0.355 e. The van der Waals surface area contributed by atoms with E-state index < -0.39 is 0 Å². The summed E-state index contributed by atoms with van der Waals surface area (Å²) in [5.74, 6) is 0.301. The molecule has 1 aliphatic rings. The van der Waals surface area contributed by atoms with Gasteiger partial charge in [-0.05, 0) is 37.6 Å². The van der Waals surface area contributed by atoms with Gasteiger partial charge >= 0.3 is 0 Å². The molecule has 1 amide bonds. The lowest BCUT2D eigenvalue weighted by molar-refractivity contribution is -0.125. The maximum Gasteiger partial charge on any atom is 0.222 e. The van der Waals surface area contributed by atoms with Gasteiger partial charge in [-0.3, -0.25) is 4.79 Å². The molecule has 0 aromatic carbocycles. The first-order valence-electron chi connectivity index (χ1n) is 6.55. The molecule has 0 aromatic heterocycles. The molecule has 1 saturated carbocycles. The Morgan fingerprint density at radius 2 is 2.06 bits per heavy atom. The summed E-state index contributed by atoms with van der Waals surface area (Å²) in [5, 5.41) is 3.09. The summed E-state index contributed by atoms with van der Waals surface area (Å²) >= 11 is 0. The molecule has 94 valence electrons. The molecular formula is C13H26N2O. The van der Waals surface area contributed by atoms with E-state index in [1.807, 2.05) is 6.92 Å². The van der Waals surface area contributed by atoms with Gasteiger partial charge in [-0.25, -0.2) is 0 Å². The summed E-state index contributed by atoms with van der Waals surface area (Å²) in [6.45, 7) is 5.79. The van der Waals surface area contributed by atoms with Crippen LogP contribution in [0.3, 0.4) is 0 Å². The molecule has 0 aromatic rings. The van der Waals surface area contributed by atoms with E-state index in [0.29, 0.717) is 12.0 Å². The first-order valence-corrected chi connectivity index (χ1v) is 6.55. The second kappa shape index (κ2) is 6.24. The Labute approximate surface area is 99.2 Å². The van der Waals surface area contributed by atoms with Crippen LogP contribution in [-0.4, -0.2) is 19.0 Å². The van der Waals surface area contributed by atoms with Crippen molar-refractivity contribution in [3.8, 4) is 0 Å². The van der Waals surface area contributed by atoms with Gasteiger partial charge in [-0.2, -0.15) is 0 Å². The van der Waals surface area contributed by atoms with Crippen LogP contribution in [0.2, 0.25) is 0 Å². The van der Waals surface area contributed by atoms with Crippen LogP contribution >= 0.6 is 0 Å². The van der Waals surface area contributed by atoms with Gasteiger partial charge in [-0.1, -0.05) is 26.7 Å². The minimum absolute atomic E-state index is 0.105. The molecule has 3 heteroatoms. The van der Waals surface area contributed by atoms with Gasteiger partial charge in [0.1, 0.15) is 0 Å². The average molecular weight is 226 g/mol. The number of hydrogen-bond acceptors (Lipinski definition) is 2. The predicted molar refractivity (Wildman–Crippen MR) is 67.0 cm³/mol. The SMILES string of the molecule is CC(CCCN)C(=O)NCC1(C)CCCC1. The Bertz CT molecular complexity index is 222. The summed E-state index contributed by atoms with van der Waals surface area (Å²) in [6, 6.07) is 0. The quantitative estimate of drug-likeness (QED) is 0.728. The molecule has 0 aliphatic heterocycles. The van der Waals surface area contributed by atoms with Gasteiger partial charge in [0.05, 0.1) is 0 Å². The summed E-state index contributed by atoms with van der Waals surface area (Å²) in [6.07, 6.45) is 6.98. The van der Waals surface area contributed by atoms with Gasteiger partial charge in [-0.15, -0.1) is 0 Å². The summed E-state index contributed by atoms with van der Waals surface area (Å²) < 4.78 is 0. The topological polar surface area (TPSA) is 55.1 Å². The highest BCUT2D eigenvalue weighted by Crippen LogP contribution is 2.36. The molecule has 16 heavy (non-hydrogen) atoms. The Balaban J connectivity index is 2.23. The van der Waals surface area contributed by atoms with Crippen molar-refractivity contribution in [2.24, 2.45) is 17.1 Å². The zero-order valence-electron chi connectivity index (χ0n) is 10.7. The van der Waals surface area contributed by atoms with E-state index in [0.717, 1.165) is 19.4 Å².